The summed E-state index contributed by atoms with van der Waals surface area (Å²) in [5.41, 5.74) is 0.692. The number of halogens is 1. The summed E-state index contributed by atoms with van der Waals surface area (Å²) in [6.45, 7) is 2.08. The first-order chi connectivity index (χ1) is 7.24. The molecule has 0 aliphatic rings. The predicted octanol–water partition coefficient (Wildman–Crippen LogP) is 2.10. The van der Waals surface area contributed by atoms with Gasteiger partial charge in [-0.2, -0.15) is 4.39 Å². The minimum Gasteiger partial charge on any atom is -0.486 e. The Labute approximate surface area is 85.7 Å². The van der Waals surface area contributed by atoms with Gasteiger partial charge in [0, 0.05) is 6.07 Å². The van der Waals surface area contributed by atoms with Crippen LogP contribution in [0.2, 0.25) is 0 Å². The van der Waals surface area contributed by atoms with Crippen LogP contribution in [0.1, 0.15) is 11.5 Å². The molecule has 2 aromatic rings. The van der Waals surface area contributed by atoms with Gasteiger partial charge in [-0.25, -0.2) is 4.98 Å². The van der Waals surface area contributed by atoms with Crippen molar-refractivity contribution in [1.29, 1.82) is 0 Å². The second-order valence-corrected chi connectivity index (χ2v) is 3.03. The fraction of sp³-hybridized carbons (Fsp3) is 0.200. The van der Waals surface area contributed by atoms with E-state index in [0.29, 0.717) is 11.4 Å². The topological polar surface area (TPSA) is 48.2 Å². The van der Waals surface area contributed by atoms with Crippen LogP contribution in [0, 0.1) is 12.9 Å². The van der Waals surface area contributed by atoms with Crippen molar-refractivity contribution in [3.8, 4) is 5.75 Å². The van der Waals surface area contributed by atoms with Gasteiger partial charge >= 0.3 is 0 Å². The highest BCUT2D eigenvalue weighted by Crippen LogP contribution is 2.11. The molecule has 15 heavy (non-hydrogen) atoms. The van der Waals surface area contributed by atoms with Crippen LogP contribution >= 0.6 is 0 Å². The molecule has 5 heteroatoms. The van der Waals surface area contributed by atoms with Crippen molar-refractivity contribution >= 4 is 0 Å². The molecule has 0 aliphatic heterocycles. The van der Waals surface area contributed by atoms with Gasteiger partial charge in [-0.05, 0) is 19.1 Å². The first-order valence-corrected chi connectivity index (χ1v) is 4.40. The minimum atomic E-state index is -0.528. The molecule has 2 heterocycles. The van der Waals surface area contributed by atoms with E-state index in [1.165, 1.54) is 18.3 Å². The van der Waals surface area contributed by atoms with E-state index in [2.05, 4.69) is 10.1 Å². The number of ether oxygens (including phenoxy) is 1. The minimum absolute atomic E-state index is 0.282. The number of aromatic nitrogens is 2. The molecular formula is C10H9FN2O2. The molecule has 0 saturated heterocycles. The van der Waals surface area contributed by atoms with E-state index in [1.807, 2.05) is 0 Å². The number of hydrogen-bond acceptors (Lipinski definition) is 4. The lowest BCUT2D eigenvalue weighted by Gasteiger charge is -2.01. The second-order valence-electron chi connectivity index (χ2n) is 3.03. The Morgan fingerprint density at radius 2 is 2.33 bits per heavy atom. The van der Waals surface area contributed by atoms with Crippen LogP contribution in [0.15, 0.2) is 28.9 Å². The molecule has 2 aromatic heterocycles. The Morgan fingerprint density at radius 1 is 1.47 bits per heavy atom. The van der Waals surface area contributed by atoms with Crippen LogP contribution in [-0.4, -0.2) is 10.1 Å². The lowest BCUT2D eigenvalue weighted by molar-refractivity contribution is 0.286. The first-order valence-electron chi connectivity index (χ1n) is 4.40. The van der Waals surface area contributed by atoms with Crippen LogP contribution in [0.4, 0.5) is 4.39 Å². The van der Waals surface area contributed by atoms with E-state index in [4.69, 9.17) is 9.26 Å². The summed E-state index contributed by atoms with van der Waals surface area (Å²) in [7, 11) is 0. The van der Waals surface area contributed by atoms with E-state index in [9.17, 15) is 4.39 Å². The SMILES string of the molecule is Cc1cc(COc2ccc(F)nc2)no1. The van der Waals surface area contributed by atoms with Crippen molar-refractivity contribution in [2.75, 3.05) is 0 Å². The van der Waals surface area contributed by atoms with E-state index < -0.39 is 5.95 Å². The third-order valence-electron chi connectivity index (χ3n) is 1.76. The predicted molar refractivity (Wildman–Crippen MR) is 49.8 cm³/mol. The summed E-state index contributed by atoms with van der Waals surface area (Å²) >= 11 is 0. The van der Waals surface area contributed by atoms with Gasteiger partial charge in [0.1, 0.15) is 23.8 Å². The normalized spacial score (nSPS) is 10.3. The van der Waals surface area contributed by atoms with Crippen LogP contribution in [0.5, 0.6) is 5.75 Å². The summed E-state index contributed by atoms with van der Waals surface area (Å²) in [5.74, 6) is 0.697. The summed E-state index contributed by atoms with van der Waals surface area (Å²) in [5, 5.41) is 3.75. The number of hydrogen-bond donors (Lipinski definition) is 0. The first kappa shape index (κ1) is 9.64. The smallest absolute Gasteiger partial charge is 0.213 e. The van der Waals surface area contributed by atoms with E-state index in [1.54, 1.807) is 13.0 Å². The summed E-state index contributed by atoms with van der Waals surface area (Å²) in [4.78, 5) is 3.46. The summed E-state index contributed by atoms with van der Waals surface area (Å²) in [6, 6.07) is 4.52. The van der Waals surface area contributed by atoms with Gasteiger partial charge in [0.25, 0.3) is 0 Å². The Morgan fingerprint density at radius 3 is 2.93 bits per heavy atom. The van der Waals surface area contributed by atoms with Crippen molar-refractivity contribution in [2.24, 2.45) is 0 Å². The standard InChI is InChI=1S/C10H9FN2O2/c1-7-4-8(13-15-7)6-14-9-2-3-10(11)12-5-9/h2-5H,6H2,1H3. The Balaban J connectivity index is 1.96. The Bertz CT molecular complexity index is 439. The molecule has 0 aliphatic carbocycles. The van der Waals surface area contributed by atoms with Crippen LogP contribution in [0.25, 0.3) is 0 Å². The van der Waals surface area contributed by atoms with Crippen LogP contribution in [0.3, 0.4) is 0 Å². The molecule has 4 nitrogen and oxygen atoms in total. The average molecular weight is 208 g/mol. The molecular weight excluding hydrogens is 199 g/mol. The molecule has 0 aromatic carbocycles. The fourth-order valence-electron chi connectivity index (χ4n) is 1.09. The molecule has 2 rings (SSSR count). The summed E-state index contributed by atoms with van der Waals surface area (Å²) in [6.07, 6.45) is 1.32. The van der Waals surface area contributed by atoms with Crippen LogP contribution < -0.4 is 4.74 Å². The molecule has 0 bridgehead atoms. The van der Waals surface area contributed by atoms with Crippen molar-refractivity contribution < 1.29 is 13.7 Å². The monoisotopic (exact) mass is 208 g/mol. The molecule has 0 radical (unpaired) electrons. The van der Waals surface area contributed by atoms with Crippen molar-refractivity contribution in [3.05, 3.63) is 41.8 Å². The number of pyridine rings is 1. The maximum absolute atomic E-state index is 12.5. The van der Waals surface area contributed by atoms with E-state index >= 15 is 0 Å². The maximum atomic E-state index is 12.5. The lowest BCUT2D eigenvalue weighted by atomic mass is 10.4. The highest BCUT2D eigenvalue weighted by atomic mass is 19.1. The molecule has 0 amide bonds. The van der Waals surface area contributed by atoms with E-state index in [0.717, 1.165) is 5.76 Å². The van der Waals surface area contributed by atoms with E-state index in [-0.39, 0.29) is 6.61 Å². The Hall–Kier alpha value is -1.91. The summed E-state index contributed by atoms with van der Waals surface area (Å²) < 4.78 is 22.6. The Kier molecular flexibility index (Phi) is 2.62. The number of rotatable bonds is 3. The molecule has 0 spiro atoms. The average Bonchev–Trinajstić information content (AvgIpc) is 2.64. The van der Waals surface area contributed by atoms with Crippen molar-refractivity contribution in [1.82, 2.24) is 10.1 Å². The fourth-order valence-corrected chi connectivity index (χ4v) is 1.09. The van der Waals surface area contributed by atoms with Crippen LogP contribution in [-0.2, 0) is 6.61 Å². The molecule has 78 valence electrons. The lowest BCUT2D eigenvalue weighted by Crippen LogP contribution is -1.96. The quantitative estimate of drug-likeness (QED) is 0.724. The molecule has 0 fully saturated rings. The van der Waals surface area contributed by atoms with Gasteiger partial charge in [-0.1, -0.05) is 5.16 Å². The van der Waals surface area contributed by atoms with Crippen molar-refractivity contribution in [2.45, 2.75) is 13.5 Å². The molecule has 0 N–H and O–H groups in total. The number of aryl methyl sites for hydroxylation is 1. The van der Waals surface area contributed by atoms with Crippen molar-refractivity contribution in [3.63, 3.8) is 0 Å². The van der Waals surface area contributed by atoms with Gasteiger partial charge in [0.15, 0.2) is 0 Å². The van der Waals surface area contributed by atoms with Gasteiger partial charge in [-0.3, -0.25) is 0 Å². The zero-order valence-electron chi connectivity index (χ0n) is 8.11. The maximum Gasteiger partial charge on any atom is 0.213 e. The highest BCUT2D eigenvalue weighted by molar-refractivity contribution is 5.16. The molecule has 0 atom stereocenters. The third-order valence-corrected chi connectivity index (χ3v) is 1.76. The van der Waals surface area contributed by atoms with Gasteiger partial charge < -0.3 is 9.26 Å². The molecule has 0 saturated carbocycles. The van der Waals surface area contributed by atoms with Gasteiger partial charge in [0.2, 0.25) is 5.95 Å². The highest BCUT2D eigenvalue weighted by Gasteiger charge is 2.01. The zero-order valence-corrected chi connectivity index (χ0v) is 8.11. The van der Waals surface area contributed by atoms with Gasteiger partial charge in [0.05, 0.1) is 6.20 Å². The van der Waals surface area contributed by atoms with Gasteiger partial charge in [-0.15, -0.1) is 0 Å². The second kappa shape index (κ2) is 4.08. The zero-order chi connectivity index (χ0) is 10.7. The third kappa shape index (κ3) is 2.52. The number of nitrogens with zero attached hydrogens (tertiary/aromatic N) is 2. The largest absolute Gasteiger partial charge is 0.486 e. The molecule has 0 unspecified atom stereocenters.